The van der Waals surface area contributed by atoms with E-state index in [0.717, 1.165) is 5.56 Å². The minimum atomic E-state index is -0.403. The first-order chi connectivity index (χ1) is 6.75. The number of carbonyl (C=O) groups excluding carboxylic acids is 1. The number of carbonyl (C=O) groups is 1. The van der Waals surface area contributed by atoms with Crippen LogP contribution < -0.4 is 0 Å². The van der Waals surface area contributed by atoms with Crippen molar-refractivity contribution in [3.05, 3.63) is 35.8 Å². The number of hydrogen-bond donors (Lipinski definition) is 0. The lowest BCUT2D eigenvalue weighted by Crippen LogP contribution is -1.99. The molecule has 0 aliphatic carbocycles. The Hall–Kier alpha value is -1.97. The van der Waals surface area contributed by atoms with Crippen LogP contribution in [-0.4, -0.2) is 16.9 Å². The predicted molar refractivity (Wildman–Crippen MR) is 51.4 cm³/mol. The molecule has 0 saturated heterocycles. The van der Waals surface area contributed by atoms with Crippen LogP contribution >= 0.6 is 0 Å². The van der Waals surface area contributed by atoms with Crippen LogP contribution in [0.4, 0.5) is 0 Å². The van der Waals surface area contributed by atoms with E-state index in [2.05, 4.69) is 9.98 Å². The van der Waals surface area contributed by atoms with Crippen LogP contribution in [0.5, 0.6) is 0 Å². The second-order valence-corrected chi connectivity index (χ2v) is 2.83. The summed E-state index contributed by atoms with van der Waals surface area (Å²) in [5, 5.41) is 0. The Kier molecular flexibility index (Phi) is 2.10. The van der Waals surface area contributed by atoms with Crippen molar-refractivity contribution >= 4 is 17.9 Å². The number of nitrogens with zero attached hydrogens (tertiary/aromatic N) is 2. The summed E-state index contributed by atoms with van der Waals surface area (Å²) in [7, 11) is 0. The fourth-order valence-electron chi connectivity index (χ4n) is 1.13. The van der Waals surface area contributed by atoms with Gasteiger partial charge in [0.1, 0.15) is 0 Å². The molecule has 2 rings (SSSR count). The molecule has 1 aromatic rings. The molecule has 0 spiro atoms. The normalized spacial score (nSPS) is 18.2. The van der Waals surface area contributed by atoms with Gasteiger partial charge in [0.25, 0.3) is 0 Å². The van der Waals surface area contributed by atoms with Crippen LogP contribution in [0.3, 0.4) is 0 Å². The minimum absolute atomic E-state index is 0.328. The van der Waals surface area contributed by atoms with Crippen molar-refractivity contribution in [2.75, 3.05) is 0 Å². The van der Waals surface area contributed by atoms with E-state index in [1.807, 2.05) is 0 Å². The SMILES string of the molecule is CC1=N/C(=C\c2ccncc2)C(=O)O1. The molecular formula is C10H8N2O2. The van der Waals surface area contributed by atoms with Gasteiger partial charge in [0.2, 0.25) is 0 Å². The summed E-state index contributed by atoms with van der Waals surface area (Å²) in [5.74, 6) is -0.0189. The molecule has 1 aliphatic heterocycles. The molecule has 4 nitrogen and oxygen atoms in total. The number of ether oxygens (including phenoxy) is 1. The number of cyclic esters (lactones) is 1. The Morgan fingerprint density at radius 2 is 2.07 bits per heavy atom. The third kappa shape index (κ3) is 1.69. The summed E-state index contributed by atoms with van der Waals surface area (Å²) in [6, 6.07) is 3.59. The van der Waals surface area contributed by atoms with E-state index in [1.54, 1.807) is 37.5 Å². The summed E-state index contributed by atoms with van der Waals surface area (Å²) < 4.78 is 4.77. The Balaban J connectivity index is 2.32. The van der Waals surface area contributed by atoms with E-state index in [4.69, 9.17) is 4.74 Å². The molecule has 0 amide bonds. The first-order valence-corrected chi connectivity index (χ1v) is 4.15. The van der Waals surface area contributed by atoms with Crippen molar-refractivity contribution in [2.45, 2.75) is 6.92 Å². The highest BCUT2D eigenvalue weighted by Crippen LogP contribution is 2.14. The summed E-state index contributed by atoms with van der Waals surface area (Å²) in [6.45, 7) is 1.64. The molecule has 0 bridgehead atoms. The van der Waals surface area contributed by atoms with Gasteiger partial charge >= 0.3 is 5.97 Å². The Morgan fingerprint density at radius 3 is 2.64 bits per heavy atom. The van der Waals surface area contributed by atoms with Gasteiger partial charge in [0.15, 0.2) is 11.6 Å². The number of rotatable bonds is 1. The topological polar surface area (TPSA) is 51.5 Å². The number of aromatic nitrogens is 1. The second-order valence-electron chi connectivity index (χ2n) is 2.83. The average molecular weight is 188 g/mol. The number of hydrogen-bond acceptors (Lipinski definition) is 4. The monoisotopic (exact) mass is 188 g/mol. The quantitative estimate of drug-likeness (QED) is 0.494. The van der Waals surface area contributed by atoms with E-state index in [-0.39, 0.29) is 0 Å². The molecule has 2 heterocycles. The van der Waals surface area contributed by atoms with Gasteiger partial charge in [-0.05, 0) is 23.8 Å². The maximum Gasteiger partial charge on any atom is 0.363 e. The molecular weight excluding hydrogens is 180 g/mol. The molecule has 0 fully saturated rings. The first-order valence-electron chi connectivity index (χ1n) is 4.15. The molecule has 0 atom stereocenters. The molecule has 4 heteroatoms. The zero-order chi connectivity index (χ0) is 9.97. The van der Waals surface area contributed by atoms with Crippen LogP contribution in [0.2, 0.25) is 0 Å². The van der Waals surface area contributed by atoms with E-state index < -0.39 is 5.97 Å². The molecule has 0 unspecified atom stereocenters. The molecule has 14 heavy (non-hydrogen) atoms. The zero-order valence-corrected chi connectivity index (χ0v) is 7.60. The van der Waals surface area contributed by atoms with Crippen molar-refractivity contribution in [1.82, 2.24) is 4.98 Å². The van der Waals surface area contributed by atoms with Gasteiger partial charge in [0.05, 0.1) is 0 Å². The number of aliphatic imine (C=N–C) groups is 1. The van der Waals surface area contributed by atoms with Gasteiger partial charge in [-0.2, -0.15) is 0 Å². The Labute approximate surface area is 81.0 Å². The summed E-state index contributed by atoms with van der Waals surface area (Å²) >= 11 is 0. The third-order valence-corrected chi connectivity index (χ3v) is 1.74. The van der Waals surface area contributed by atoms with Gasteiger partial charge in [-0.1, -0.05) is 0 Å². The molecule has 70 valence electrons. The molecule has 0 radical (unpaired) electrons. The van der Waals surface area contributed by atoms with Crippen molar-refractivity contribution in [2.24, 2.45) is 4.99 Å². The number of pyridine rings is 1. The second kappa shape index (κ2) is 3.41. The fourth-order valence-corrected chi connectivity index (χ4v) is 1.13. The lowest BCUT2D eigenvalue weighted by Gasteiger charge is -1.91. The van der Waals surface area contributed by atoms with Crippen molar-refractivity contribution in [1.29, 1.82) is 0 Å². The van der Waals surface area contributed by atoms with Gasteiger partial charge in [0, 0.05) is 19.3 Å². The van der Waals surface area contributed by atoms with Crippen LogP contribution in [0.25, 0.3) is 6.08 Å². The molecule has 1 aromatic heterocycles. The standard InChI is InChI=1S/C10H8N2O2/c1-7-12-9(10(13)14-7)6-8-2-4-11-5-3-8/h2-6H,1H3/b9-6-. The highest BCUT2D eigenvalue weighted by atomic mass is 16.6. The Morgan fingerprint density at radius 1 is 1.36 bits per heavy atom. The van der Waals surface area contributed by atoms with E-state index in [1.165, 1.54) is 0 Å². The van der Waals surface area contributed by atoms with E-state index in [9.17, 15) is 4.79 Å². The largest absolute Gasteiger partial charge is 0.407 e. The fraction of sp³-hybridized carbons (Fsp3) is 0.100. The highest BCUT2D eigenvalue weighted by Gasteiger charge is 2.19. The lowest BCUT2D eigenvalue weighted by molar-refractivity contribution is -0.130. The van der Waals surface area contributed by atoms with E-state index in [0.29, 0.717) is 11.6 Å². The maximum absolute atomic E-state index is 11.2. The van der Waals surface area contributed by atoms with Gasteiger partial charge in [-0.15, -0.1) is 0 Å². The van der Waals surface area contributed by atoms with Crippen LogP contribution in [0.1, 0.15) is 12.5 Å². The Bertz CT molecular complexity index is 421. The zero-order valence-electron chi connectivity index (χ0n) is 7.60. The lowest BCUT2D eigenvalue weighted by atomic mass is 10.2. The van der Waals surface area contributed by atoms with Crippen molar-refractivity contribution in [3.63, 3.8) is 0 Å². The van der Waals surface area contributed by atoms with Crippen LogP contribution in [-0.2, 0) is 9.53 Å². The van der Waals surface area contributed by atoms with Gasteiger partial charge in [-0.3, -0.25) is 4.98 Å². The molecule has 0 N–H and O–H groups in total. The summed E-state index contributed by atoms with van der Waals surface area (Å²) in [6.07, 6.45) is 4.98. The predicted octanol–water partition coefficient (Wildman–Crippen LogP) is 1.40. The van der Waals surface area contributed by atoms with Gasteiger partial charge in [-0.25, -0.2) is 9.79 Å². The van der Waals surface area contributed by atoms with Gasteiger partial charge < -0.3 is 4.74 Å². The smallest absolute Gasteiger partial charge is 0.363 e. The molecule has 0 saturated carbocycles. The molecule has 1 aliphatic rings. The van der Waals surface area contributed by atoms with Crippen molar-refractivity contribution < 1.29 is 9.53 Å². The van der Waals surface area contributed by atoms with Crippen LogP contribution in [0, 0.1) is 0 Å². The first kappa shape index (κ1) is 8.62. The summed E-state index contributed by atoms with van der Waals surface area (Å²) in [4.78, 5) is 19.0. The third-order valence-electron chi connectivity index (χ3n) is 1.74. The maximum atomic E-state index is 11.2. The number of esters is 1. The van der Waals surface area contributed by atoms with E-state index >= 15 is 0 Å². The van der Waals surface area contributed by atoms with Crippen molar-refractivity contribution in [3.8, 4) is 0 Å². The minimum Gasteiger partial charge on any atom is -0.407 e. The van der Waals surface area contributed by atoms with Crippen LogP contribution in [0.15, 0.2) is 35.2 Å². The summed E-state index contributed by atoms with van der Waals surface area (Å²) in [5.41, 5.74) is 1.21. The highest BCUT2D eigenvalue weighted by molar-refractivity contribution is 6.06. The average Bonchev–Trinajstić information content (AvgIpc) is 2.47. The molecule has 0 aromatic carbocycles.